The van der Waals surface area contributed by atoms with E-state index in [2.05, 4.69) is 12.2 Å². The second-order valence-corrected chi connectivity index (χ2v) is 5.09. The summed E-state index contributed by atoms with van der Waals surface area (Å²) in [5, 5.41) is 3.31. The van der Waals surface area contributed by atoms with E-state index in [0.717, 1.165) is 45.4 Å². The molecule has 1 atom stereocenters. The summed E-state index contributed by atoms with van der Waals surface area (Å²) in [6.07, 6.45) is 4.05. The third-order valence-electron chi connectivity index (χ3n) is 3.83. The van der Waals surface area contributed by atoms with Gasteiger partial charge in [0.25, 0.3) is 0 Å². The van der Waals surface area contributed by atoms with Gasteiger partial charge in [-0.2, -0.15) is 0 Å². The van der Waals surface area contributed by atoms with Gasteiger partial charge in [-0.25, -0.2) is 0 Å². The van der Waals surface area contributed by atoms with Gasteiger partial charge in [0.2, 0.25) is 0 Å². The maximum Gasteiger partial charge on any atom is 0.144 e. The van der Waals surface area contributed by atoms with E-state index >= 15 is 0 Å². The summed E-state index contributed by atoms with van der Waals surface area (Å²) in [4.78, 5) is 12.4. The minimum absolute atomic E-state index is 0.0867. The van der Waals surface area contributed by atoms with Crippen molar-refractivity contribution in [1.29, 1.82) is 0 Å². The van der Waals surface area contributed by atoms with E-state index < -0.39 is 0 Å². The summed E-state index contributed by atoms with van der Waals surface area (Å²) in [5.41, 5.74) is -0.0867. The Balaban J connectivity index is 1.98. The van der Waals surface area contributed by atoms with Gasteiger partial charge in [-0.3, -0.25) is 4.79 Å². The van der Waals surface area contributed by atoms with Crippen molar-refractivity contribution in [2.45, 2.75) is 32.6 Å². The van der Waals surface area contributed by atoms with E-state index in [4.69, 9.17) is 4.74 Å². The van der Waals surface area contributed by atoms with Crippen LogP contribution >= 0.6 is 0 Å². The lowest BCUT2D eigenvalue weighted by Gasteiger charge is -2.36. The van der Waals surface area contributed by atoms with Crippen molar-refractivity contribution in [1.82, 2.24) is 5.32 Å². The quantitative estimate of drug-likeness (QED) is 0.749. The third-order valence-corrected chi connectivity index (χ3v) is 3.83. The van der Waals surface area contributed by atoms with Crippen LogP contribution < -0.4 is 5.32 Å². The number of piperidine rings is 1. The van der Waals surface area contributed by atoms with Gasteiger partial charge < -0.3 is 10.1 Å². The highest BCUT2D eigenvalue weighted by Gasteiger charge is 2.38. The molecule has 2 rings (SSSR count). The molecular weight excluding hydrogens is 190 g/mol. The average molecular weight is 211 g/mol. The van der Waals surface area contributed by atoms with Crippen molar-refractivity contribution in [3.05, 3.63) is 0 Å². The van der Waals surface area contributed by atoms with E-state index in [1.165, 1.54) is 0 Å². The molecule has 0 aliphatic carbocycles. The second-order valence-electron chi connectivity index (χ2n) is 5.09. The third kappa shape index (κ3) is 2.40. The number of Topliss-reactive ketones (excluding diaryl/α,β-unsaturated/α-hetero) is 1. The zero-order valence-electron chi connectivity index (χ0n) is 9.55. The smallest absolute Gasteiger partial charge is 0.144 e. The van der Waals surface area contributed by atoms with Crippen LogP contribution in [0.4, 0.5) is 0 Å². The van der Waals surface area contributed by atoms with Crippen molar-refractivity contribution in [2.24, 2.45) is 11.3 Å². The number of carbonyl (C=O) groups excluding carboxylic acids is 1. The zero-order chi connectivity index (χ0) is 10.7. The maximum absolute atomic E-state index is 12.4. The molecule has 2 aliphatic heterocycles. The molecule has 1 unspecified atom stereocenters. The van der Waals surface area contributed by atoms with Crippen molar-refractivity contribution >= 4 is 5.78 Å². The molecule has 0 radical (unpaired) electrons. The van der Waals surface area contributed by atoms with Gasteiger partial charge in [-0.05, 0) is 38.8 Å². The fourth-order valence-corrected chi connectivity index (χ4v) is 2.67. The Morgan fingerprint density at radius 3 is 2.73 bits per heavy atom. The summed E-state index contributed by atoms with van der Waals surface area (Å²) in [7, 11) is 0. The molecule has 0 spiro atoms. The first-order valence-corrected chi connectivity index (χ1v) is 6.05. The van der Waals surface area contributed by atoms with Gasteiger partial charge in [0.15, 0.2) is 0 Å². The second kappa shape index (κ2) is 4.62. The summed E-state index contributed by atoms with van der Waals surface area (Å²) in [6, 6.07) is 0. The molecule has 0 bridgehead atoms. The Morgan fingerprint density at radius 1 is 1.40 bits per heavy atom. The Bertz CT molecular complexity index is 228. The maximum atomic E-state index is 12.4. The van der Waals surface area contributed by atoms with Crippen LogP contribution in [0.5, 0.6) is 0 Å². The summed E-state index contributed by atoms with van der Waals surface area (Å²) >= 11 is 0. The van der Waals surface area contributed by atoms with Crippen LogP contribution in [-0.4, -0.2) is 32.1 Å². The molecular formula is C12H21NO2. The van der Waals surface area contributed by atoms with E-state index in [9.17, 15) is 4.79 Å². The molecule has 2 fully saturated rings. The molecule has 1 N–H and O–H groups in total. The fourth-order valence-electron chi connectivity index (χ4n) is 2.67. The Kier molecular flexibility index (Phi) is 3.42. The molecule has 0 saturated carbocycles. The number of hydrogen-bond acceptors (Lipinski definition) is 3. The molecule has 0 aromatic heterocycles. The van der Waals surface area contributed by atoms with Crippen LogP contribution in [-0.2, 0) is 9.53 Å². The SMILES string of the molecule is CC1(C(=O)C2CCCOC2)CCNCC1. The van der Waals surface area contributed by atoms with Crippen molar-refractivity contribution in [3.63, 3.8) is 0 Å². The number of carbonyl (C=O) groups is 1. The van der Waals surface area contributed by atoms with Crippen molar-refractivity contribution in [3.8, 4) is 0 Å². The van der Waals surface area contributed by atoms with Crippen LogP contribution in [0.1, 0.15) is 32.6 Å². The van der Waals surface area contributed by atoms with Crippen LogP contribution in [0.2, 0.25) is 0 Å². The van der Waals surface area contributed by atoms with Gasteiger partial charge in [0, 0.05) is 17.9 Å². The Labute approximate surface area is 91.6 Å². The standard InChI is InChI=1S/C12H21NO2/c1-12(4-6-13-7-5-12)11(14)10-3-2-8-15-9-10/h10,13H,2-9H2,1H3. The van der Waals surface area contributed by atoms with Crippen LogP contribution in [0.15, 0.2) is 0 Å². The van der Waals surface area contributed by atoms with E-state index in [1.54, 1.807) is 0 Å². The number of hydrogen-bond donors (Lipinski definition) is 1. The summed E-state index contributed by atoms with van der Waals surface area (Å²) in [6.45, 7) is 5.58. The lowest BCUT2D eigenvalue weighted by Crippen LogP contribution is -2.44. The summed E-state index contributed by atoms with van der Waals surface area (Å²) in [5.74, 6) is 0.616. The topological polar surface area (TPSA) is 38.3 Å². The lowest BCUT2D eigenvalue weighted by atomic mass is 9.72. The van der Waals surface area contributed by atoms with Gasteiger partial charge >= 0.3 is 0 Å². The van der Waals surface area contributed by atoms with E-state index in [-0.39, 0.29) is 11.3 Å². The Morgan fingerprint density at radius 2 is 2.13 bits per heavy atom. The first kappa shape index (κ1) is 11.1. The molecule has 2 aliphatic rings. The first-order chi connectivity index (χ1) is 7.22. The normalized spacial score (nSPS) is 31.1. The fraction of sp³-hybridized carbons (Fsp3) is 0.917. The number of ketones is 1. The molecule has 2 saturated heterocycles. The molecule has 0 aromatic rings. The van der Waals surface area contributed by atoms with E-state index in [0.29, 0.717) is 12.4 Å². The number of ether oxygens (including phenoxy) is 1. The molecule has 86 valence electrons. The highest BCUT2D eigenvalue weighted by molar-refractivity contribution is 5.87. The largest absolute Gasteiger partial charge is 0.381 e. The van der Waals surface area contributed by atoms with Crippen molar-refractivity contribution in [2.75, 3.05) is 26.3 Å². The first-order valence-electron chi connectivity index (χ1n) is 6.05. The van der Waals surface area contributed by atoms with Crippen LogP contribution in [0.25, 0.3) is 0 Å². The lowest BCUT2D eigenvalue weighted by molar-refractivity contribution is -0.137. The monoisotopic (exact) mass is 211 g/mol. The van der Waals surface area contributed by atoms with Gasteiger partial charge in [0.05, 0.1) is 6.61 Å². The minimum atomic E-state index is -0.0867. The van der Waals surface area contributed by atoms with Gasteiger partial charge in [-0.1, -0.05) is 6.92 Å². The van der Waals surface area contributed by atoms with Crippen LogP contribution in [0.3, 0.4) is 0 Å². The number of nitrogens with one attached hydrogen (secondary N) is 1. The molecule has 15 heavy (non-hydrogen) atoms. The van der Waals surface area contributed by atoms with Gasteiger partial charge in [-0.15, -0.1) is 0 Å². The molecule has 3 nitrogen and oxygen atoms in total. The Hall–Kier alpha value is -0.410. The summed E-state index contributed by atoms with van der Waals surface area (Å²) < 4.78 is 5.40. The minimum Gasteiger partial charge on any atom is -0.381 e. The molecule has 0 aromatic carbocycles. The van der Waals surface area contributed by atoms with E-state index in [1.807, 2.05) is 0 Å². The highest BCUT2D eigenvalue weighted by atomic mass is 16.5. The molecule has 0 amide bonds. The predicted molar refractivity (Wildman–Crippen MR) is 58.8 cm³/mol. The van der Waals surface area contributed by atoms with Crippen LogP contribution in [0, 0.1) is 11.3 Å². The van der Waals surface area contributed by atoms with Crippen molar-refractivity contribution < 1.29 is 9.53 Å². The number of rotatable bonds is 2. The highest BCUT2D eigenvalue weighted by Crippen LogP contribution is 2.34. The molecule has 3 heteroatoms. The predicted octanol–water partition coefficient (Wildman–Crippen LogP) is 1.37. The molecule has 2 heterocycles. The average Bonchev–Trinajstić information content (AvgIpc) is 2.30. The van der Waals surface area contributed by atoms with Gasteiger partial charge in [0.1, 0.15) is 5.78 Å². The zero-order valence-corrected chi connectivity index (χ0v) is 9.55.